The number of nitro groups is 1. The lowest BCUT2D eigenvalue weighted by Gasteiger charge is -2.27. The second-order valence-electron chi connectivity index (χ2n) is 5.42. The molecule has 1 aromatic carbocycles. The number of nitro benzene ring substituents is 1. The van der Waals surface area contributed by atoms with Crippen LogP contribution in [0, 0.1) is 10.1 Å². The first kappa shape index (κ1) is 22.4. The lowest BCUT2D eigenvalue weighted by Crippen LogP contribution is -2.51. The molecule has 7 nitrogen and oxygen atoms in total. The summed E-state index contributed by atoms with van der Waals surface area (Å²) in [6, 6.07) is 4.02. The van der Waals surface area contributed by atoms with E-state index in [1.807, 2.05) is 13.8 Å². The van der Waals surface area contributed by atoms with Gasteiger partial charge in [0.2, 0.25) is 0 Å². The highest BCUT2D eigenvalue weighted by Crippen LogP contribution is 2.30. The molecule has 1 amide bonds. The smallest absolute Gasteiger partial charge is 0.312 e. The second kappa shape index (κ2) is 9.66. The van der Waals surface area contributed by atoms with Crippen LogP contribution in [-0.2, 0) is 4.79 Å². The van der Waals surface area contributed by atoms with Crippen molar-refractivity contribution in [3.63, 3.8) is 0 Å². The van der Waals surface area contributed by atoms with E-state index in [-0.39, 0.29) is 34.8 Å². The van der Waals surface area contributed by atoms with E-state index in [0.29, 0.717) is 6.54 Å². The van der Waals surface area contributed by atoms with E-state index in [2.05, 4.69) is 5.32 Å². The molecule has 0 heterocycles. The number of carbonyl (C=O) groups excluding carboxylic acids is 1. The molecule has 9 heteroatoms. The Morgan fingerprint density at radius 2 is 2.04 bits per heavy atom. The maximum atomic E-state index is 12.1. The number of nitrogens with zero attached hydrogens (tertiary/aromatic N) is 1. The number of benzene rings is 1. The van der Waals surface area contributed by atoms with Crippen LogP contribution in [0.4, 0.5) is 5.69 Å². The number of hydrogen-bond donors (Lipinski definition) is 2. The van der Waals surface area contributed by atoms with Crippen LogP contribution in [0.3, 0.4) is 0 Å². The van der Waals surface area contributed by atoms with Gasteiger partial charge in [0, 0.05) is 23.2 Å². The van der Waals surface area contributed by atoms with Crippen molar-refractivity contribution in [2.24, 2.45) is 5.73 Å². The minimum Gasteiger partial charge on any atom is -0.474 e. The molecule has 24 heavy (non-hydrogen) atoms. The molecule has 0 aromatic heterocycles. The van der Waals surface area contributed by atoms with Crippen molar-refractivity contribution >= 4 is 35.6 Å². The van der Waals surface area contributed by atoms with Crippen LogP contribution in [0.25, 0.3) is 0 Å². The summed E-state index contributed by atoms with van der Waals surface area (Å²) in [5.41, 5.74) is 5.36. The van der Waals surface area contributed by atoms with Gasteiger partial charge in [-0.25, -0.2) is 0 Å². The Kier molecular flexibility index (Phi) is 9.03. The standard InChI is InChI=1S/C15H22ClN3O4.ClH/c1-4-15(17,5-2)9-18-14(20)10(3)23-13-7-6-11(16)8-12(13)19(21)22;/h6-8,10H,4-5,9,17H2,1-3H3,(H,18,20);1H. The Labute approximate surface area is 152 Å². The molecule has 0 spiro atoms. The van der Waals surface area contributed by atoms with E-state index in [1.165, 1.54) is 25.1 Å². The minimum atomic E-state index is -0.896. The molecule has 1 aromatic rings. The predicted molar refractivity (Wildman–Crippen MR) is 96.0 cm³/mol. The molecule has 3 N–H and O–H groups in total. The Morgan fingerprint density at radius 1 is 1.46 bits per heavy atom. The SMILES string of the molecule is CCC(N)(CC)CNC(=O)C(C)Oc1ccc(Cl)cc1[N+](=O)[O-].Cl. The molecular weight excluding hydrogens is 357 g/mol. The maximum Gasteiger partial charge on any atom is 0.312 e. The van der Waals surface area contributed by atoms with Crippen molar-refractivity contribution in [1.29, 1.82) is 0 Å². The summed E-state index contributed by atoms with van der Waals surface area (Å²) in [5, 5.41) is 14.0. The van der Waals surface area contributed by atoms with Gasteiger partial charge in [0.05, 0.1) is 4.92 Å². The van der Waals surface area contributed by atoms with Crippen LogP contribution in [0.5, 0.6) is 5.75 Å². The molecular formula is C15H23Cl2N3O4. The summed E-state index contributed by atoms with van der Waals surface area (Å²) in [6.45, 7) is 5.73. The largest absolute Gasteiger partial charge is 0.474 e. The van der Waals surface area contributed by atoms with Crippen molar-refractivity contribution in [2.45, 2.75) is 45.3 Å². The number of nitrogens with one attached hydrogen (secondary N) is 1. The number of nitrogens with two attached hydrogens (primary N) is 1. The topological polar surface area (TPSA) is 107 Å². The summed E-state index contributed by atoms with van der Waals surface area (Å²) in [7, 11) is 0. The van der Waals surface area contributed by atoms with Gasteiger partial charge in [0.15, 0.2) is 11.9 Å². The van der Waals surface area contributed by atoms with Gasteiger partial charge in [0.1, 0.15) is 0 Å². The third-order valence-electron chi connectivity index (χ3n) is 3.81. The normalized spacial score (nSPS) is 12.0. The number of carbonyl (C=O) groups is 1. The Morgan fingerprint density at radius 3 is 2.54 bits per heavy atom. The Hall–Kier alpha value is -1.57. The maximum absolute atomic E-state index is 12.1. The third-order valence-corrected chi connectivity index (χ3v) is 4.05. The Bertz CT molecular complexity index is 580. The van der Waals surface area contributed by atoms with Gasteiger partial charge < -0.3 is 15.8 Å². The first-order chi connectivity index (χ1) is 10.7. The number of rotatable bonds is 8. The second-order valence-corrected chi connectivity index (χ2v) is 5.85. The molecule has 0 bridgehead atoms. The minimum absolute atomic E-state index is 0. The van der Waals surface area contributed by atoms with E-state index in [4.69, 9.17) is 22.1 Å². The van der Waals surface area contributed by atoms with Gasteiger partial charge in [-0.05, 0) is 31.9 Å². The van der Waals surface area contributed by atoms with Gasteiger partial charge >= 0.3 is 5.69 Å². The monoisotopic (exact) mass is 379 g/mol. The number of ether oxygens (including phenoxy) is 1. The first-order valence-electron chi connectivity index (χ1n) is 7.39. The third kappa shape index (κ3) is 6.14. The summed E-state index contributed by atoms with van der Waals surface area (Å²) in [6.07, 6.45) is 0.552. The quantitative estimate of drug-likeness (QED) is 0.532. The Balaban J connectivity index is 0.00000529. The van der Waals surface area contributed by atoms with Crippen LogP contribution in [-0.4, -0.2) is 29.0 Å². The summed E-state index contributed by atoms with van der Waals surface area (Å²) in [5.74, 6) is -0.391. The van der Waals surface area contributed by atoms with Crippen LogP contribution < -0.4 is 15.8 Å². The van der Waals surface area contributed by atoms with Crippen molar-refractivity contribution in [1.82, 2.24) is 5.32 Å². The van der Waals surface area contributed by atoms with Gasteiger partial charge in [-0.3, -0.25) is 14.9 Å². The lowest BCUT2D eigenvalue weighted by molar-refractivity contribution is -0.386. The van der Waals surface area contributed by atoms with Gasteiger partial charge in [0.25, 0.3) is 5.91 Å². The molecule has 1 atom stereocenters. The number of halogens is 2. The molecule has 1 unspecified atom stereocenters. The average Bonchev–Trinajstić information content (AvgIpc) is 2.53. The van der Waals surface area contributed by atoms with Crippen LogP contribution in [0.1, 0.15) is 33.6 Å². The molecule has 0 radical (unpaired) electrons. The number of amides is 1. The lowest BCUT2D eigenvalue weighted by atomic mass is 9.94. The summed E-state index contributed by atoms with van der Waals surface area (Å²) < 4.78 is 5.40. The van der Waals surface area contributed by atoms with Crippen molar-refractivity contribution in [2.75, 3.05) is 6.54 Å². The van der Waals surface area contributed by atoms with Gasteiger partial charge in [-0.15, -0.1) is 12.4 Å². The molecule has 136 valence electrons. The van der Waals surface area contributed by atoms with Gasteiger partial charge in [-0.2, -0.15) is 0 Å². The molecule has 0 aliphatic rings. The predicted octanol–water partition coefficient (Wildman–Crippen LogP) is 3.07. The van der Waals surface area contributed by atoms with E-state index in [0.717, 1.165) is 12.8 Å². The molecule has 0 saturated heterocycles. The number of hydrogen-bond acceptors (Lipinski definition) is 5. The molecule has 0 saturated carbocycles. The van der Waals surface area contributed by atoms with E-state index in [9.17, 15) is 14.9 Å². The average molecular weight is 380 g/mol. The highest BCUT2D eigenvalue weighted by atomic mass is 35.5. The van der Waals surface area contributed by atoms with Crippen LogP contribution in [0.15, 0.2) is 18.2 Å². The van der Waals surface area contributed by atoms with Gasteiger partial charge in [-0.1, -0.05) is 25.4 Å². The summed E-state index contributed by atoms with van der Waals surface area (Å²) in [4.78, 5) is 22.5. The zero-order chi connectivity index (χ0) is 17.6. The fraction of sp³-hybridized carbons (Fsp3) is 0.533. The summed E-state index contributed by atoms with van der Waals surface area (Å²) >= 11 is 5.74. The van der Waals surface area contributed by atoms with Crippen LogP contribution in [0.2, 0.25) is 5.02 Å². The van der Waals surface area contributed by atoms with Crippen LogP contribution >= 0.6 is 24.0 Å². The first-order valence-corrected chi connectivity index (χ1v) is 7.77. The van der Waals surface area contributed by atoms with E-state index in [1.54, 1.807) is 0 Å². The zero-order valence-electron chi connectivity index (χ0n) is 13.9. The molecule has 0 aliphatic carbocycles. The van der Waals surface area contributed by atoms with Crippen molar-refractivity contribution < 1.29 is 14.5 Å². The van der Waals surface area contributed by atoms with E-state index >= 15 is 0 Å². The molecule has 1 rings (SSSR count). The van der Waals surface area contributed by atoms with Crippen molar-refractivity contribution in [3.8, 4) is 5.75 Å². The van der Waals surface area contributed by atoms with Crippen molar-refractivity contribution in [3.05, 3.63) is 33.3 Å². The van der Waals surface area contributed by atoms with E-state index < -0.39 is 16.6 Å². The molecule has 0 fully saturated rings. The fourth-order valence-electron chi connectivity index (χ4n) is 1.88. The highest BCUT2D eigenvalue weighted by molar-refractivity contribution is 6.30. The molecule has 0 aliphatic heterocycles. The zero-order valence-corrected chi connectivity index (χ0v) is 15.4. The highest BCUT2D eigenvalue weighted by Gasteiger charge is 2.25. The fourth-order valence-corrected chi connectivity index (χ4v) is 2.05.